The van der Waals surface area contributed by atoms with E-state index in [-0.39, 0.29) is 34.8 Å². The summed E-state index contributed by atoms with van der Waals surface area (Å²) in [7, 11) is 0. The summed E-state index contributed by atoms with van der Waals surface area (Å²) in [6.07, 6.45) is 3.73. The molecule has 2 aliphatic rings. The Morgan fingerprint density at radius 1 is 1.29 bits per heavy atom. The molecule has 0 aromatic carbocycles. The number of rotatable bonds is 2. The topological polar surface area (TPSA) is 49.3 Å². The average molecular weight is 239 g/mol. The maximum atomic E-state index is 12.3. The average Bonchev–Trinajstić information content (AvgIpc) is 2.57. The highest BCUT2D eigenvalue weighted by molar-refractivity contribution is 5.80. The summed E-state index contributed by atoms with van der Waals surface area (Å²) in [6, 6.07) is 0.140. The summed E-state index contributed by atoms with van der Waals surface area (Å²) in [5.41, 5.74) is -0.0327. The first-order valence-electron chi connectivity index (χ1n) is 6.73. The van der Waals surface area contributed by atoms with E-state index in [0.717, 1.165) is 19.3 Å². The fraction of sp³-hybridized carbons (Fsp3) is 0.929. The van der Waals surface area contributed by atoms with Gasteiger partial charge in [0.25, 0.3) is 0 Å². The van der Waals surface area contributed by atoms with Crippen LogP contribution < -0.4 is 5.32 Å². The normalized spacial score (nSPS) is 38.5. The highest BCUT2D eigenvalue weighted by Crippen LogP contribution is 2.44. The third kappa shape index (κ3) is 2.10. The molecule has 0 radical (unpaired) electrons. The van der Waals surface area contributed by atoms with Gasteiger partial charge in [-0.1, -0.05) is 34.1 Å². The molecule has 1 amide bonds. The van der Waals surface area contributed by atoms with Gasteiger partial charge in [-0.15, -0.1) is 0 Å². The van der Waals surface area contributed by atoms with Crippen LogP contribution in [0.5, 0.6) is 0 Å². The molecule has 3 heteroatoms. The largest absolute Gasteiger partial charge is 0.392 e. The first-order chi connectivity index (χ1) is 7.75. The quantitative estimate of drug-likeness (QED) is 0.775. The van der Waals surface area contributed by atoms with Crippen molar-refractivity contribution in [2.75, 3.05) is 0 Å². The van der Waals surface area contributed by atoms with Gasteiger partial charge in [-0.3, -0.25) is 4.79 Å². The van der Waals surface area contributed by atoms with E-state index < -0.39 is 0 Å². The van der Waals surface area contributed by atoms with E-state index in [1.54, 1.807) is 0 Å². The SMILES string of the molecule is CC1(C)CCCC1C(=O)NC1CC(O)C1(C)C. The van der Waals surface area contributed by atoms with Gasteiger partial charge in [0, 0.05) is 17.4 Å². The predicted molar refractivity (Wildman–Crippen MR) is 67.5 cm³/mol. The minimum atomic E-state index is -0.274. The maximum absolute atomic E-state index is 12.3. The second kappa shape index (κ2) is 3.98. The second-order valence-electron chi connectivity index (χ2n) is 7.07. The minimum absolute atomic E-state index is 0.136. The van der Waals surface area contributed by atoms with Crippen molar-refractivity contribution >= 4 is 5.91 Å². The Labute approximate surface area is 104 Å². The van der Waals surface area contributed by atoms with Crippen molar-refractivity contribution in [1.82, 2.24) is 5.32 Å². The molecule has 0 spiro atoms. The molecule has 0 aromatic heterocycles. The number of aliphatic hydroxyl groups is 1. The summed E-state index contributed by atoms with van der Waals surface area (Å²) < 4.78 is 0. The summed E-state index contributed by atoms with van der Waals surface area (Å²) in [6.45, 7) is 8.41. The smallest absolute Gasteiger partial charge is 0.223 e. The van der Waals surface area contributed by atoms with Crippen LogP contribution in [0.1, 0.15) is 53.4 Å². The maximum Gasteiger partial charge on any atom is 0.223 e. The summed E-state index contributed by atoms with van der Waals surface area (Å²) in [4.78, 5) is 12.3. The van der Waals surface area contributed by atoms with Gasteiger partial charge in [0.2, 0.25) is 5.91 Å². The molecule has 3 unspecified atom stereocenters. The van der Waals surface area contributed by atoms with E-state index >= 15 is 0 Å². The molecule has 0 bridgehead atoms. The standard InChI is InChI=1S/C14H25NO2/c1-13(2)7-5-6-9(13)12(17)15-10-8-11(16)14(10,3)4/h9-11,16H,5-8H2,1-4H3,(H,15,17). The zero-order chi connectivity index (χ0) is 12.8. The van der Waals surface area contributed by atoms with Gasteiger partial charge in [-0.05, 0) is 24.7 Å². The van der Waals surface area contributed by atoms with Crippen molar-refractivity contribution in [2.24, 2.45) is 16.7 Å². The molecule has 2 N–H and O–H groups in total. The number of aliphatic hydroxyl groups excluding tert-OH is 1. The summed E-state index contributed by atoms with van der Waals surface area (Å²) in [5.74, 6) is 0.341. The molecule has 2 aliphatic carbocycles. The monoisotopic (exact) mass is 239 g/mol. The molecule has 0 aliphatic heterocycles. The zero-order valence-corrected chi connectivity index (χ0v) is 11.4. The highest BCUT2D eigenvalue weighted by Gasteiger charge is 2.49. The van der Waals surface area contributed by atoms with Gasteiger partial charge in [0.1, 0.15) is 0 Å². The molecule has 98 valence electrons. The molecule has 3 nitrogen and oxygen atoms in total. The third-order valence-electron chi connectivity index (χ3n) is 5.11. The van der Waals surface area contributed by atoms with Gasteiger partial charge < -0.3 is 10.4 Å². The molecular formula is C14H25NO2. The summed E-state index contributed by atoms with van der Waals surface area (Å²) in [5, 5.41) is 12.8. The molecule has 2 rings (SSSR count). The van der Waals surface area contributed by atoms with Crippen LogP contribution >= 0.6 is 0 Å². The van der Waals surface area contributed by atoms with E-state index in [2.05, 4.69) is 19.2 Å². The summed E-state index contributed by atoms with van der Waals surface area (Å²) >= 11 is 0. The van der Waals surface area contributed by atoms with Gasteiger partial charge >= 0.3 is 0 Å². The fourth-order valence-corrected chi connectivity index (χ4v) is 3.23. The zero-order valence-electron chi connectivity index (χ0n) is 11.4. The lowest BCUT2D eigenvalue weighted by Crippen LogP contribution is -2.62. The van der Waals surface area contributed by atoms with E-state index in [4.69, 9.17) is 0 Å². The Bertz CT molecular complexity index is 322. The Hall–Kier alpha value is -0.570. The third-order valence-corrected chi connectivity index (χ3v) is 5.11. The van der Waals surface area contributed by atoms with E-state index in [1.807, 2.05) is 13.8 Å². The number of hydrogen-bond donors (Lipinski definition) is 2. The van der Waals surface area contributed by atoms with Crippen molar-refractivity contribution in [3.8, 4) is 0 Å². The molecular weight excluding hydrogens is 214 g/mol. The van der Waals surface area contributed by atoms with Crippen LogP contribution in [0.2, 0.25) is 0 Å². The Morgan fingerprint density at radius 2 is 1.94 bits per heavy atom. The fourth-order valence-electron chi connectivity index (χ4n) is 3.23. The van der Waals surface area contributed by atoms with Crippen LogP contribution in [0, 0.1) is 16.7 Å². The Morgan fingerprint density at radius 3 is 2.35 bits per heavy atom. The van der Waals surface area contributed by atoms with Gasteiger partial charge in [0.15, 0.2) is 0 Å². The Balaban J connectivity index is 1.95. The van der Waals surface area contributed by atoms with Crippen LogP contribution in [0.3, 0.4) is 0 Å². The number of hydrogen-bond acceptors (Lipinski definition) is 2. The van der Waals surface area contributed by atoms with Gasteiger partial charge in [-0.25, -0.2) is 0 Å². The molecule has 0 aromatic rings. The van der Waals surface area contributed by atoms with Crippen LogP contribution in [-0.2, 0) is 4.79 Å². The van der Waals surface area contributed by atoms with Crippen LogP contribution in [0.4, 0.5) is 0 Å². The lowest BCUT2D eigenvalue weighted by atomic mass is 9.64. The molecule has 0 saturated heterocycles. The van der Waals surface area contributed by atoms with Crippen molar-refractivity contribution in [2.45, 2.75) is 65.5 Å². The number of nitrogens with one attached hydrogen (secondary N) is 1. The highest BCUT2D eigenvalue weighted by atomic mass is 16.3. The number of amides is 1. The van der Waals surface area contributed by atoms with Gasteiger partial charge in [0.05, 0.1) is 6.10 Å². The first kappa shape index (κ1) is 12.9. The van der Waals surface area contributed by atoms with Crippen LogP contribution in [0.15, 0.2) is 0 Å². The molecule has 2 fully saturated rings. The van der Waals surface area contributed by atoms with E-state index in [1.165, 1.54) is 0 Å². The second-order valence-corrected chi connectivity index (χ2v) is 7.07. The molecule has 17 heavy (non-hydrogen) atoms. The first-order valence-corrected chi connectivity index (χ1v) is 6.73. The van der Waals surface area contributed by atoms with E-state index in [0.29, 0.717) is 6.42 Å². The van der Waals surface area contributed by atoms with Crippen LogP contribution in [-0.4, -0.2) is 23.2 Å². The van der Waals surface area contributed by atoms with E-state index in [9.17, 15) is 9.90 Å². The van der Waals surface area contributed by atoms with Crippen molar-refractivity contribution < 1.29 is 9.90 Å². The number of carbonyl (C=O) groups excluding carboxylic acids is 1. The lowest BCUT2D eigenvalue weighted by molar-refractivity contribution is -0.135. The Kier molecular flexibility index (Phi) is 3.01. The molecule has 3 atom stereocenters. The van der Waals surface area contributed by atoms with Crippen molar-refractivity contribution in [3.63, 3.8) is 0 Å². The predicted octanol–water partition coefficient (Wildman–Crippen LogP) is 2.09. The van der Waals surface area contributed by atoms with Crippen molar-refractivity contribution in [3.05, 3.63) is 0 Å². The molecule has 0 heterocycles. The minimum Gasteiger partial charge on any atom is -0.392 e. The van der Waals surface area contributed by atoms with Crippen LogP contribution in [0.25, 0.3) is 0 Å². The molecule has 2 saturated carbocycles. The van der Waals surface area contributed by atoms with Crippen molar-refractivity contribution in [1.29, 1.82) is 0 Å². The number of carbonyl (C=O) groups is 1. The van der Waals surface area contributed by atoms with Gasteiger partial charge in [-0.2, -0.15) is 0 Å². The lowest BCUT2D eigenvalue weighted by Gasteiger charge is -2.50.